The maximum absolute atomic E-state index is 5.92. The van der Waals surface area contributed by atoms with E-state index >= 15 is 0 Å². The van der Waals surface area contributed by atoms with Crippen LogP contribution in [-0.2, 0) is 6.54 Å². The van der Waals surface area contributed by atoms with Gasteiger partial charge in [0.15, 0.2) is 0 Å². The predicted molar refractivity (Wildman–Crippen MR) is 71.0 cm³/mol. The first-order valence-corrected chi connectivity index (χ1v) is 6.50. The molecule has 2 N–H and O–H groups in total. The van der Waals surface area contributed by atoms with E-state index in [1.807, 2.05) is 11.6 Å². The highest BCUT2D eigenvalue weighted by Gasteiger charge is 2.21. The summed E-state index contributed by atoms with van der Waals surface area (Å²) < 4.78 is 0. The fraction of sp³-hybridized carbons (Fsp3) is 0.727. The summed E-state index contributed by atoms with van der Waals surface area (Å²) in [7, 11) is 0. The second kappa shape index (κ2) is 6.55. The van der Waals surface area contributed by atoms with E-state index in [4.69, 9.17) is 5.73 Å². The first-order valence-electron chi connectivity index (χ1n) is 5.62. The van der Waals surface area contributed by atoms with E-state index < -0.39 is 0 Å². The number of nitrogens with zero attached hydrogens (tertiary/aromatic N) is 2. The fourth-order valence-corrected chi connectivity index (χ4v) is 2.82. The van der Waals surface area contributed by atoms with E-state index in [1.165, 1.54) is 30.9 Å². The molecule has 2 heterocycles. The van der Waals surface area contributed by atoms with Crippen molar-refractivity contribution in [2.75, 3.05) is 13.1 Å². The Kier molecular flexibility index (Phi) is 5.69. The Morgan fingerprint density at radius 3 is 2.75 bits per heavy atom. The summed E-state index contributed by atoms with van der Waals surface area (Å²) in [4.78, 5) is 6.80. The van der Waals surface area contributed by atoms with E-state index in [0.29, 0.717) is 6.04 Å². The standard InChI is InChI=1S/C11H19N3S.ClH/c1-9(12)10-2-5-14(6-3-10)8-11-13-4-7-15-11;/h4,7,9-10H,2-3,5-6,8,12H2,1H3;1H. The van der Waals surface area contributed by atoms with Crippen LogP contribution in [0.2, 0.25) is 0 Å². The lowest BCUT2D eigenvalue weighted by Crippen LogP contribution is -2.39. The molecule has 1 aromatic heterocycles. The molecule has 1 aliphatic rings. The minimum atomic E-state index is 0. The third kappa shape index (κ3) is 3.70. The van der Waals surface area contributed by atoms with Crippen molar-refractivity contribution in [1.82, 2.24) is 9.88 Å². The van der Waals surface area contributed by atoms with Crippen LogP contribution in [0.3, 0.4) is 0 Å². The molecule has 0 aromatic carbocycles. The van der Waals surface area contributed by atoms with Crippen molar-refractivity contribution in [3.05, 3.63) is 16.6 Å². The number of thiazole rings is 1. The molecule has 0 radical (unpaired) electrons. The van der Waals surface area contributed by atoms with Gasteiger partial charge in [0.05, 0.1) is 6.54 Å². The second-order valence-corrected chi connectivity index (χ2v) is 5.38. The Balaban J connectivity index is 0.00000128. The fourth-order valence-electron chi connectivity index (χ4n) is 2.16. The number of nitrogens with two attached hydrogens (primary N) is 1. The zero-order valence-electron chi connectivity index (χ0n) is 9.63. The average Bonchev–Trinajstić information content (AvgIpc) is 2.71. The van der Waals surface area contributed by atoms with Gasteiger partial charge < -0.3 is 5.73 Å². The van der Waals surface area contributed by atoms with Gasteiger partial charge in [0, 0.05) is 17.6 Å². The van der Waals surface area contributed by atoms with Crippen LogP contribution in [0, 0.1) is 5.92 Å². The SMILES string of the molecule is CC(N)C1CCN(Cc2nccs2)CC1.Cl. The zero-order chi connectivity index (χ0) is 10.7. The van der Waals surface area contributed by atoms with Crippen molar-refractivity contribution >= 4 is 23.7 Å². The summed E-state index contributed by atoms with van der Waals surface area (Å²) in [5.74, 6) is 0.720. The van der Waals surface area contributed by atoms with Gasteiger partial charge in [-0.25, -0.2) is 4.98 Å². The van der Waals surface area contributed by atoms with E-state index in [1.54, 1.807) is 11.3 Å². The lowest BCUT2D eigenvalue weighted by Gasteiger charge is -2.33. The number of hydrogen-bond acceptors (Lipinski definition) is 4. The number of halogens is 1. The Labute approximate surface area is 107 Å². The van der Waals surface area contributed by atoms with Gasteiger partial charge in [0.1, 0.15) is 5.01 Å². The van der Waals surface area contributed by atoms with Crippen molar-refractivity contribution in [1.29, 1.82) is 0 Å². The summed E-state index contributed by atoms with van der Waals surface area (Å²) in [6.07, 6.45) is 4.36. The molecular weight excluding hydrogens is 242 g/mol. The van der Waals surface area contributed by atoms with Gasteiger partial charge in [0.25, 0.3) is 0 Å². The Morgan fingerprint density at radius 1 is 1.56 bits per heavy atom. The number of aromatic nitrogens is 1. The molecule has 3 nitrogen and oxygen atoms in total. The molecular formula is C11H20ClN3S. The number of hydrogen-bond donors (Lipinski definition) is 1. The van der Waals surface area contributed by atoms with E-state index in [0.717, 1.165) is 12.5 Å². The van der Waals surface area contributed by atoms with Crippen LogP contribution >= 0.6 is 23.7 Å². The first-order chi connectivity index (χ1) is 7.25. The largest absolute Gasteiger partial charge is 0.328 e. The first kappa shape index (κ1) is 13.9. The van der Waals surface area contributed by atoms with Crippen LogP contribution in [0.4, 0.5) is 0 Å². The lowest BCUT2D eigenvalue weighted by atomic mass is 9.91. The van der Waals surface area contributed by atoms with Crippen molar-refractivity contribution in [2.24, 2.45) is 11.7 Å². The van der Waals surface area contributed by atoms with Gasteiger partial charge in [-0.15, -0.1) is 23.7 Å². The Bertz CT molecular complexity index is 281. The van der Waals surface area contributed by atoms with Crippen molar-refractivity contribution < 1.29 is 0 Å². The molecule has 1 fully saturated rings. The van der Waals surface area contributed by atoms with E-state index in [9.17, 15) is 0 Å². The zero-order valence-corrected chi connectivity index (χ0v) is 11.3. The van der Waals surface area contributed by atoms with Crippen LogP contribution < -0.4 is 5.73 Å². The van der Waals surface area contributed by atoms with Gasteiger partial charge in [-0.05, 0) is 38.8 Å². The minimum absolute atomic E-state index is 0. The molecule has 0 aliphatic carbocycles. The molecule has 0 saturated carbocycles. The molecule has 1 unspecified atom stereocenters. The van der Waals surface area contributed by atoms with Gasteiger partial charge in [-0.1, -0.05) is 0 Å². The third-order valence-corrected chi connectivity index (χ3v) is 3.98. The molecule has 1 aliphatic heterocycles. The van der Waals surface area contributed by atoms with Gasteiger partial charge in [-0.2, -0.15) is 0 Å². The third-order valence-electron chi connectivity index (χ3n) is 3.22. The van der Waals surface area contributed by atoms with Crippen molar-refractivity contribution in [3.8, 4) is 0 Å². The molecule has 2 rings (SSSR count). The van der Waals surface area contributed by atoms with Crippen molar-refractivity contribution in [3.63, 3.8) is 0 Å². The monoisotopic (exact) mass is 261 g/mol. The molecule has 5 heteroatoms. The topological polar surface area (TPSA) is 42.1 Å². The molecule has 0 bridgehead atoms. The smallest absolute Gasteiger partial charge is 0.107 e. The number of likely N-dealkylation sites (tertiary alicyclic amines) is 1. The van der Waals surface area contributed by atoms with Crippen molar-refractivity contribution in [2.45, 2.75) is 32.4 Å². The molecule has 1 atom stereocenters. The molecule has 1 aromatic rings. The molecule has 0 amide bonds. The highest BCUT2D eigenvalue weighted by molar-refractivity contribution is 7.09. The van der Waals surface area contributed by atoms with E-state index in [2.05, 4.69) is 16.8 Å². The van der Waals surface area contributed by atoms with Gasteiger partial charge >= 0.3 is 0 Å². The highest BCUT2D eigenvalue weighted by Crippen LogP contribution is 2.21. The van der Waals surface area contributed by atoms with Gasteiger partial charge in [-0.3, -0.25) is 4.90 Å². The predicted octanol–water partition coefficient (Wildman–Crippen LogP) is 2.12. The van der Waals surface area contributed by atoms with Crippen LogP contribution in [0.1, 0.15) is 24.8 Å². The lowest BCUT2D eigenvalue weighted by molar-refractivity contribution is 0.165. The summed E-state index contributed by atoms with van der Waals surface area (Å²) >= 11 is 1.75. The molecule has 92 valence electrons. The molecule has 0 spiro atoms. The van der Waals surface area contributed by atoms with Gasteiger partial charge in [0.2, 0.25) is 0 Å². The molecule has 16 heavy (non-hydrogen) atoms. The quantitative estimate of drug-likeness (QED) is 0.906. The van der Waals surface area contributed by atoms with Crippen LogP contribution in [0.5, 0.6) is 0 Å². The highest BCUT2D eigenvalue weighted by atomic mass is 35.5. The van der Waals surface area contributed by atoms with Crippen LogP contribution in [-0.4, -0.2) is 29.0 Å². The Morgan fingerprint density at radius 2 is 2.25 bits per heavy atom. The Hall–Kier alpha value is -0.160. The summed E-state index contributed by atoms with van der Waals surface area (Å²) in [6.45, 7) is 5.49. The summed E-state index contributed by atoms with van der Waals surface area (Å²) in [6, 6.07) is 0.354. The second-order valence-electron chi connectivity index (χ2n) is 4.40. The summed E-state index contributed by atoms with van der Waals surface area (Å²) in [5.41, 5.74) is 5.92. The number of rotatable bonds is 3. The number of piperidine rings is 1. The average molecular weight is 262 g/mol. The molecule has 1 saturated heterocycles. The minimum Gasteiger partial charge on any atom is -0.328 e. The van der Waals surface area contributed by atoms with Crippen LogP contribution in [0.25, 0.3) is 0 Å². The van der Waals surface area contributed by atoms with Crippen LogP contribution in [0.15, 0.2) is 11.6 Å². The maximum Gasteiger partial charge on any atom is 0.107 e. The maximum atomic E-state index is 5.92. The van der Waals surface area contributed by atoms with E-state index in [-0.39, 0.29) is 12.4 Å². The normalized spacial score (nSPS) is 20.4. The summed E-state index contributed by atoms with van der Waals surface area (Å²) in [5, 5.41) is 3.28.